The Kier molecular flexibility index (Phi) is 5.29. The van der Waals surface area contributed by atoms with E-state index in [4.69, 9.17) is 0 Å². The first-order valence-electron chi connectivity index (χ1n) is 5.06. The van der Waals surface area contributed by atoms with E-state index in [9.17, 15) is 18.4 Å². The van der Waals surface area contributed by atoms with E-state index in [1.54, 1.807) is 0 Å². The van der Waals surface area contributed by atoms with Crippen molar-refractivity contribution in [1.29, 1.82) is 0 Å². The molecule has 1 atom stereocenters. The molecule has 0 aromatic carbocycles. The number of rotatable bonds is 4. The summed E-state index contributed by atoms with van der Waals surface area (Å²) >= 11 is -2.34. The Bertz CT molecular complexity index is 344. The van der Waals surface area contributed by atoms with Crippen molar-refractivity contribution in [3.8, 4) is 0 Å². The van der Waals surface area contributed by atoms with Crippen molar-refractivity contribution in [3.05, 3.63) is 12.2 Å². The quantitative estimate of drug-likeness (QED) is 0.335. The van der Waals surface area contributed by atoms with Crippen molar-refractivity contribution in [3.63, 3.8) is 0 Å². The molecular formula is C10H14F2INO3. The average molecular weight is 361 g/mol. The zero-order valence-corrected chi connectivity index (χ0v) is 11.7. The molecule has 0 radical (unpaired) electrons. The Morgan fingerprint density at radius 3 is 2.76 bits per heavy atom. The van der Waals surface area contributed by atoms with Gasteiger partial charge in [-0.2, -0.15) is 0 Å². The second-order valence-electron chi connectivity index (χ2n) is 3.41. The summed E-state index contributed by atoms with van der Waals surface area (Å²) in [6.45, 7) is 2.03. The normalized spacial score (nSPS) is 20.2. The van der Waals surface area contributed by atoms with Gasteiger partial charge in [-0.3, -0.25) is 0 Å². The van der Waals surface area contributed by atoms with Crippen LogP contribution >= 0.6 is 20.1 Å². The summed E-state index contributed by atoms with van der Waals surface area (Å²) in [4.78, 5) is 23.2. The van der Waals surface area contributed by atoms with Crippen LogP contribution in [0.2, 0.25) is 0 Å². The molecule has 4 nitrogen and oxygen atoms in total. The number of hydrogen-bond donors (Lipinski definition) is 0. The van der Waals surface area contributed by atoms with Crippen molar-refractivity contribution in [1.82, 2.24) is 3.11 Å². The molecule has 1 unspecified atom stereocenters. The Balaban J connectivity index is 2.75. The minimum atomic E-state index is -2.34. The van der Waals surface area contributed by atoms with E-state index in [0.717, 1.165) is 6.08 Å². The topological polar surface area (TPSA) is 46.6 Å². The number of alkyl halides is 1. The van der Waals surface area contributed by atoms with E-state index in [1.807, 2.05) is 6.92 Å². The summed E-state index contributed by atoms with van der Waals surface area (Å²) < 4.78 is 30.5. The SMILES string of the molecule is CCI(C(=O)OC)N1CC(C=C(F)F)CC1=O. The van der Waals surface area contributed by atoms with Crippen molar-refractivity contribution >= 4 is 30.0 Å². The van der Waals surface area contributed by atoms with Gasteiger partial charge in [0.1, 0.15) is 0 Å². The van der Waals surface area contributed by atoms with Gasteiger partial charge in [0.05, 0.1) is 0 Å². The first-order chi connectivity index (χ1) is 7.99. The molecule has 7 heteroatoms. The zero-order chi connectivity index (χ0) is 13.0. The van der Waals surface area contributed by atoms with E-state index >= 15 is 0 Å². The van der Waals surface area contributed by atoms with Crippen molar-refractivity contribution in [2.75, 3.05) is 18.1 Å². The van der Waals surface area contributed by atoms with Crippen LogP contribution in [-0.4, -0.2) is 31.1 Å². The third-order valence-electron chi connectivity index (χ3n) is 2.30. The summed E-state index contributed by atoms with van der Waals surface area (Å²) in [5, 5.41) is 0. The molecule has 98 valence electrons. The van der Waals surface area contributed by atoms with Gasteiger partial charge in [-0.25, -0.2) is 0 Å². The molecule has 0 aliphatic carbocycles. The number of amides is 1. The van der Waals surface area contributed by atoms with E-state index < -0.39 is 32.1 Å². The first kappa shape index (κ1) is 14.3. The fourth-order valence-electron chi connectivity index (χ4n) is 1.61. The average Bonchev–Trinajstić information content (AvgIpc) is 2.59. The first-order valence-corrected chi connectivity index (χ1v) is 8.63. The van der Waals surface area contributed by atoms with Crippen LogP contribution in [0.25, 0.3) is 0 Å². The van der Waals surface area contributed by atoms with Crippen molar-refractivity contribution in [2.24, 2.45) is 5.92 Å². The number of nitrogens with zero attached hydrogens (tertiary/aromatic N) is 1. The standard InChI is InChI=1S/C10H14F2INO3/c1-3-13(10(16)17-2)14-6-7(4-8(11)12)5-9(14)15/h4,7H,3,5-6H2,1-2H3. The molecule has 0 spiro atoms. The monoisotopic (exact) mass is 361 g/mol. The molecule has 17 heavy (non-hydrogen) atoms. The second kappa shape index (κ2) is 6.27. The van der Waals surface area contributed by atoms with Crippen LogP contribution in [0.4, 0.5) is 13.6 Å². The van der Waals surface area contributed by atoms with E-state index in [2.05, 4.69) is 4.74 Å². The van der Waals surface area contributed by atoms with E-state index in [0.29, 0.717) is 4.43 Å². The Morgan fingerprint density at radius 1 is 1.65 bits per heavy atom. The molecular weight excluding hydrogens is 347 g/mol. The summed E-state index contributed by atoms with van der Waals surface area (Å²) in [7, 11) is 1.28. The molecule has 0 N–H and O–H groups in total. The van der Waals surface area contributed by atoms with Gasteiger partial charge in [0.15, 0.2) is 0 Å². The number of hydrogen-bond acceptors (Lipinski definition) is 3. The summed E-state index contributed by atoms with van der Waals surface area (Å²) in [5.74, 6) is -0.701. The van der Waals surface area contributed by atoms with Crippen molar-refractivity contribution < 1.29 is 23.1 Å². The van der Waals surface area contributed by atoms with Gasteiger partial charge >= 0.3 is 106 Å². The van der Waals surface area contributed by atoms with Gasteiger partial charge in [0.2, 0.25) is 0 Å². The Morgan fingerprint density at radius 2 is 2.29 bits per heavy atom. The predicted molar refractivity (Wildman–Crippen MR) is 67.1 cm³/mol. The number of carbonyl (C=O) groups excluding carboxylic acids is 2. The number of carbonyl (C=O) groups is 2. The van der Waals surface area contributed by atoms with Gasteiger partial charge in [-0.1, -0.05) is 0 Å². The molecule has 1 rings (SSSR count). The Labute approximate surface area is 106 Å². The van der Waals surface area contributed by atoms with Gasteiger partial charge in [0, 0.05) is 0 Å². The molecule has 0 bridgehead atoms. The minimum absolute atomic E-state index is 0.0579. The van der Waals surface area contributed by atoms with E-state index in [1.165, 1.54) is 10.2 Å². The van der Waals surface area contributed by atoms with Crippen LogP contribution in [-0.2, 0) is 9.53 Å². The number of ether oxygens (including phenoxy) is 1. The molecule has 0 saturated carbocycles. The molecule has 0 aromatic heterocycles. The van der Waals surface area contributed by atoms with Gasteiger partial charge in [0.25, 0.3) is 0 Å². The molecule has 0 aromatic rings. The molecule has 1 aliphatic heterocycles. The van der Waals surface area contributed by atoms with Crippen LogP contribution in [0.15, 0.2) is 12.2 Å². The number of methoxy groups -OCH3 is 1. The van der Waals surface area contributed by atoms with Crippen LogP contribution in [0.5, 0.6) is 0 Å². The molecule has 1 saturated heterocycles. The van der Waals surface area contributed by atoms with Crippen LogP contribution < -0.4 is 0 Å². The zero-order valence-electron chi connectivity index (χ0n) is 9.58. The number of halogens is 3. The third kappa shape index (κ3) is 3.62. The van der Waals surface area contributed by atoms with Crippen LogP contribution in [0.1, 0.15) is 13.3 Å². The Hall–Kier alpha value is -0.730. The fraction of sp³-hybridized carbons (Fsp3) is 0.600. The van der Waals surface area contributed by atoms with Crippen LogP contribution in [0, 0.1) is 5.92 Å². The second-order valence-corrected chi connectivity index (χ2v) is 8.90. The summed E-state index contributed by atoms with van der Waals surface area (Å²) in [6, 6.07) is 0. The molecule has 1 heterocycles. The molecule has 1 amide bonds. The third-order valence-corrected chi connectivity index (χ3v) is 7.54. The maximum absolute atomic E-state index is 12.1. The predicted octanol–water partition coefficient (Wildman–Crippen LogP) is 2.82. The molecule has 1 aliphatic rings. The summed E-state index contributed by atoms with van der Waals surface area (Å²) in [6.07, 6.45) is -0.929. The van der Waals surface area contributed by atoms with Gasteiger partial charge in [-0.15, -0.1) is 0 Å². The fourth-order valence-corrected chi connectivity index (χ4v) is 5.87. The molecule has 1 fully saturated rings. The summed E-state index contributed by atoms with van der Waals surface area (Å²) in [5.41, 5.74) is 0. The van der Waals surface area contributed by atoms with Gasteiger partial charge < -0.3 is 0 Å². The maximum atomic E-state index is 12.1. The van der Waals surface area contributed by atoms with Gasteiger partial charge in [-0.05, 0) is 0 Å². The van der Waals surface area contributed by atoms with Crippen molar-refractivity contribution in [2.45, 2.75) is 13.3 Å². The van der Waals surface area contributed by atoms with E-state index in [-0.39, 0.29) is 22.8 Å². The van der Waals surface area contributed by atoms with Crippen LogP contribution in [0.3, 0.4) is 0 Å².